The second kappa shape index (κ2) is 6.58. The van der Waals surface area contributed by atoms with Gasteiger partial charge in [0.1, 0.15) is 17.2 Å². The molecule has 3 heteroatoms. The fourth-order valence-electron chi connectivity index (χ4n) is 2.32. The van der Waals surface area contributed by atoms with Crippen molar-refractivity contribution in [1.29, 1.82) is 0 Å². The Morgan fingerprint density at radius 2 is 2.20 bits per heavy atom. The van der Waals surface area contributed by atoms with Gasteiger partial charge in [-0.05, 0) is 45.0 Å². The average Bonchev–Trinajstić information content (AvgIpc) is 2.76. The number of rotatable bonds is 5. The molecule has 2 nitrogen and oxygen atoms in total. The lowest BCUT2D eigenvalue weighted by atomic mass is 10.1. The van der Waals surface area contributed by atoms with Crippen molar-refractivity contribution in [3.05, 3.63) is 35.3 Å². The lowest BCUT2D eigenvalue weighted by molar-refractivity contribution is 0.432. The summed E-state index contributed by atoms with van der Waals surface area (Å²) >= 11 is 0. The first-order chi connectivity index (χ1) is 9.67. The van der Waals surface area contributed by atoms with Gasteiger partial charge in [-0.2, -0.15) is 0 Å². The molecule has 20 heavy (non-hydrogen) atoms. The Kier molecular flexibility index (Phi) is 4.81. The smallest absolute Gasteiger partial charge is 0.134 e. The quantitative estimate of drug-likeness (QED) is 0.820. The van der Waals surface area contributed by atoms with Crippen LogP contribution in [0.25, 0.3) is 11.0 Å². The number of hydrogen-bond donors (Lipinski definition) is 1. The maximum atomic E-state index is 13.4. The molecule has 0 fully saturated rings. The zero-order chi connectivity index (χ0) is 14.5. The maximum Gasteiger partial charge on any atom is 0.134 e. The van der Waals surface area contributed by atoms with E-state index in [-0.39, 0.29) is 11.9 Å². The zero-order valence-electron chi connectivity index (χ0n) is 12.2. The van der Waals surface area contributed by atoms with Crippen LogP contribution in [0, 0.1) is 24.6 Å². The van der Waals surface area contributed by atoms with Gasteiger partial charge in [0, 0.05) is 17.4 Å². The van der Waals surface area contributed by atoms with Crippen LogP contribution in [-0.4, -0.2) is 6.54 Å². The topological polar surface area (TPSA) is 25.2 Å². The van der Waals surface area contributed by atoms with E-state index in [1.165, 1.54) is 12.1 Å². The van der Waals surface area contributed by atoms with Crippen molar-refractivity contribution >= 4 is 11.0 Å². The van der Waals surface area contributed by atoms with Gasteiger partial charge in [-0.25, -0.2) is 4.39 Å². The summed E-state index contributed by atoms with van der Waals surface area (Å²) in [5.74, 6) is 6.63. The Hall–Kier alpha value is -1.79. The molecule has 106 valence electrons. The van der Waals surface area contributed by atoms with Crippen LogP contribution in [-0.2, 0) is 0 Å². The summed E-state index contributed by atoms with van der Waals surface area (Å²) in [4.78, 5) is 0. The van der Waals surface area contributed by atoms with Gasteiger partial charge < -0.3 is 9.73 Å². The Morgan fingerprint density at radius 1 is 1.40 bits per heavy atom. The fraction of sp³-hybridized carbons (Fsp3) is 0.412. The van der Waals surface area contributed by atoms with Gasteiger partial charge in [0.15, 0.2) is 0 Å². The molecule has 0 spiro atoms. The van der Waals surface area contributed by atoms with E-state index < -0.39 is 0 Å². The van der Waals surface area contributed by atoms with Gasteiger partial charge in [-0.1, -0.05) is 6.92 Å². The molecule has 1 heterocycles. The van der Waals surface area contributed by atoms with Crippen LogP contribution in [0.3, 0.4) is 0 Å². The van der Waals surface area contributed by atoms with E-state index in [9.17, 15) is 4.39 Å². The largest absolute Gasteiger partial charge is 0.459 e. The number of aryl methyl sites for hydroxylation is 1. The molecule has 0 aliphatic rings. The molecule has 1 aromatic heterocycles. The van der Waals surface area contributed by atoms with Gasteiger partial charge in [0.05, 0.1) is 6.04 Å². The van der Waals surface area contributed by atoms with E-state index in [2.05, 4.69) is 24.1 Å². The molecule has 1 unspecified atom stereocenters. The molecular weight excluding hydrogens is 253 g/mol. The van der Waals surface area contributed by atoms with E-state index >= 15 is 0 Å². The predicted molar refractivity (Wildman–Crippen MR) is 80.0 cm³/mol. The Bertz CT molecular complexity index is 648. The summed E-state index contributed by atoms with van der Waals surface area (Å²) in [5, 5.41) is 4.29. The maximum absolute atomic E-state index is 13.4. The molecule has 0 bridgehead atoms. The van der Waals surface area contributed by atoms with Crippen molar-refractivity contribution in [2.24, 2.45) is 0 Å². The third kappa shape index (κ3) is 3.02. The Labute approximate surface area is 119 Å². The van der Waals surface area contributed by atoms with Crippen LogP contribution >= 0.6 is 0 Å². The predicted octanol–water partition coefficient (Wildman–Crippen LogP) is 4.33. The Balaban J connectivity index is 2.40. The molecule has 1 atom stereocenters. The van der Waals surface area contributed by atoms with E-state index in [1.807, 2.05) is 13.8 Å². The highest BCUT2D eigenvalue weighted by atomic mass is 19.1. The van der Waals surface area contributed by atoms with Gasteiger partial charge in [0.2, 0.25) is 0 Å². The van der Waals surface area contributed by atoms with Crippen molar-refractivity contribution in [1.82, 2.24) is 5.32 Å². The van der Waals surface area contributed by atoms with Crippen molar-refractivity contribution < 1.29 is 8.81 Å². The van der Waals surface area contributed by atoms with Crippen LogP contribution in [0.5, 0.6) is 0 Å². The van der Waals surface area contributed by atoms with E-state index in [0.29, 0.717) is 6.42 Å². The van der Waals surface area contributed by atoms with Crippen molar-refractivity contribution in [2.75, 3.05) is 6.54 Å². The minimum atomic E-state index is -0.237. The summed E-state index contributed by atoms with van der Waals surface area (Å²) in [5.41, 5.74) is 1.72. The molecule has 2 aromatic rings. The van der Waals surface area contributed by atoms with Crippen molar-refractivity contribution in [3.8, 4) is 11.8 Å². The van der Waals surface area contributed by atoms with E-state index in [0.717, 1.165) is 35.3 Å². The molecule has 0 saturated carbocycles. The van der Waals surface area contributed by atoms with Crippen LogP contribution in [0.1, 0.15) is 44.1 Å². The minimum absolute atomic E-state index is 0.0536. The molecule has 0 saturated heterocycles. The van der Waals surface area contributed by atoms with E-state index in [1.54, 1.807) is 6.07 Å². The summed E-state index contributed by atoms with van der Waals surface area (Å²) < 4.78 is 19.3. The molecule has 2 rings (SSSR count). The molecule has 1 aromatic carbocycles. The number of fused-ring (bicyclic) bond motifs is 1. The fourth-order valence-corrected chi connectivity index (χ4v) is 2.32. The summed E-state index contributed by atoms with van der Waals surface area (Å²) in [6.45, 7) is 6.83. The highest BCUT2D eigenvalue weighted by Crippen LogP contribution is 2.31. The van der Waals surface area contributed by atoms with Crippen LogP contribution in [0.2, 0.25) is 0 Å². The molecule has 0 aliphatic carbocycles. The van der Waals surface area contributed by atoms with Crippen LogP contribution in [0.15, 0.2) is 22.6 Å². The van der Waals surface area contributed by atoms with Gasteiger partial charge in [-0.15, -0.1) is 11.8 Å². The number of nitrogens with one attached hydrogen (secondary N) is 1. The van der Waals surface area contributed by atoms with Gasteiger partial charge >= 0.3 is 0 Å². The summed E-state index contributed by atoms with van der Waals surface area (Å²) in [6, 6.07) is 4.69. The third-order valence-electron chi connectivity index (χ3n) is 3.38. The first-order valence-electron chi connectivity index (χ1n) is 6.99. The molecule has 1 N–H and O–H groups in total. The Morgan fingerprint density at radius 3 is 2.90 bits per heavy atom. The molecule has 0 amide bonds. The first-order valence-corrected chi connectivity index (χ1v) is 6.99. The zero-order valence-corrected chi connectivity index (χ0v) is 12.2. The SMILES string of the molecule is CC#CCC(NCCC)c1oc2ccc(F)cc2c1C. The highest BCUT2D eigenvalue weighted by Gasteiger charge is 2.19. The molecule has 0 aliphatic heterocycles. The van der Waals surface area contributed by atoms with E-state index in [4.69, 9.17) is 4.42 Å². The van der Waals surface area contributed by atoms with Crippen molar-refractivity contribution in [3.63, 3.8) is 0 Å². The van der Waals surface area contributed by atoms with Crippen LogP contribution < -0.4 is 5.32 Å². The number of benzene rings is 1. The highest BCUT2D eigenvalue weighted by molar-refractivity contribution is 5.82. The first kappa shape index (κ1) is 14.6. The minimum Gasteiger partial charge on any atom is -0.459 e. The van der Waals surface area contributed by atoms with Crippen molar-refractivity contribution in [2.45, 2.75) is 39.7 Å². The summed E-state index contributed by atoms with van der Waals surface area (Å²) in [6.07, 6.45) is 1.74. The lowest BCUT2D eigenvalue weighted by Crippen LogP contribution is -2.22. The van der Waals surface area contributed by atoms with Gasteiger partial charge in [0.25, 0.3) is 0 Å². The third-order valence-corrected chi connectivity index (χ3v) is 3.38. The lowest BCUT2D eigenvalue weighted by Gasteiger charge is -2.14. The molecule has 0 radical (unpaired) electrons. The average molecular weight is 273 g/mol. The number of hydrogen-bond acceptors (Lipinski definition) is 2. The standard InChI is InChI=1S/C17H20FNO/c1-4-6-7-15(19-10-5-2)17-12(3)14-11-13(18)8-9-16(14)20-17/h8-9,11,15,19H,5,7,10H2,1-3H3. The summed E-state index contributed by atoms with van der Waals surface area (Å²) in [7, 11) is 0. The second-order valence-electron chi connectivity index (χ2n) is 4.87. The van der Waals surface area contributed by atoms with Gasteiger partial charge in [-0.3, -0.25) is 0 Å². The molecular formula is C17H20FNO. The van der Waals surface area contributed by atoms with Crippen LogP contribution in [0.4, 0.5) is 4.39 Å². The number of furan rings is 1. The monoisotopic (exact) mass is 273 g/mol. The number of halogens is 1. The second-order valence-corrected chi connectivity index (χ2v) is 4.87. The normalized spacial score (nSPS) is 12.2.